The Balaban J connectivity index is 0.000000375. The number of allylic oxidation sites excluding steroid dienone is 2. The first-order chi connectivity index (χ1) is 17.7. The third kappa shape index (κ3) is 5.15. The molecule has 0 aliphatic heterocycles. The van der Waals surface area contributed by atoms with Crippen molar-refractivity contribution in [3.63, 3.8) is 0 Å². The van der Waals surface area contributed by atoms with Crippen LogP contribution in [0.5, 0.6) is 0 Å². The van der Waals surface area contributed by atoms with Crippen LogP contribution in [-0.4, -0.2) is 15.9 Å². The SMILES string of the molecule is CC(=O)/C=C(/C)O.Cc1cc(C)c2c(C)c(-c3nc4ccccc4c4c3sc3ccccc34)[c-]cc2c1.[Ir]. The molecular weight excluding hydrogens is 667 g/mol. The zero-order valence-electron chi connectivity index (χ0n) is 22.0. The molecule has 0 unspecified atom stereocenters. The number of ketones is 1. The van der Waals surface area contributed by atoms with Crippen molar-refractivity contribution < 1.29 is 30.0 Å². The first-order valence-corrected chi connectivity index (χ1v) is 13.1. The van der Waals surface area contributed by atoms with E-state index in [2.05, 4.69) is 93.6 Å². The molecule has 3 nitrogen and oxygen atoms in total. The number of aromatic nitrogens is 1. The van der Waals surface area contributed by atoms with E-state index in [0.29, 0.717) is 0 Å². The van der Waals surface area contributed by atoms with Gasteiger partial charge in [0.1, 0.15) is 0 Å². The fraction of sp³-hybridized carbons (Fsp3) is 0.152. The topological polar surface area (TPSA) is 50.2 Å². The summed E-state index contributed by atoms with van der Waals surface area (Å²) in [5.74, 6) is -0.0625. The number of carbonyl (C=O) groups is 1. The Labute approximate surface area is 240 Å². The molecule has 0 saturated carbocycles. The zero-order chi connectivity index (χ0) is 26.3. The van der Waals surface area contributed by atoms with Crippen LogP contribution in [0, 0.1) is 26.8 Å². The molecule has 0 spiro atoms. The maximum absolute atomic E-state index is 10.0. The van der Waals surface area contributed by atoms with E-state index < -0.39 is 0 Å². The van der Waals surface area contributed by atoms with E-state index in [1.54, 1.807) is 0 Å². The number of hydrogen-bond donors (Lipinski definition) is 1. The molecule has 5 heteroatoms. The second-order valence-corrected chi connectivity index (χ2v) is 10.6. The molecule has 0 bridgehead atoms. The van der Waals surface area contributed by atoms with Crippen molar-refractivity contribution in [2.24, 2.45) is 0 Å². The summed E-state index contributed by atoms with van der Waals surface area (Å²) in [5.41, 5.74) is 7.05. The fourth-order valence-corrected chi connectivity index (χ4v) is 6.37. The number of benzene rings is 4. The Kier molecular flexibility index (Phi) is 8.13. The second-order valence-electron chi connectivity index (χ2n) is 9.51. The third-order valence-electron chi connectivity index (χ3n) is 6.50. The van der Waals surface area contributed by atoms with Crippen LogP contribution in [0.15, 0.2) is 78.6 Å². The summed E-state index contributed by atoms with van der Waals surface area (Å²) in [4.78, 5) is 15.2. The van der Waals surface area contributed by atoms with Crippen molar-refractivity contribution in [2.75, 3.05) is 0 Å². The summed E-state index contributed by atoms with van der Waals surface area (Å²) in [6.45, 7) is 9.42. The predicted molar refractivity (Wildman–Crippen MR) is 158 cm³/mol. The van der Waals surface area contributed by atoms with Crippen LogP contribution in [0.3, 0.4) is 0 Å². The van der Waals surface area contributed by atoms with Gasteiger partial charge >= 0.3 is 0 Å². The van der Waals surface area contributed by atoms with Crippen molar-refractivity contribution in [1.29, 1.82) is 0 Å². The molecule has 0 fully saturated rings. The van der Waals surface area contributed by atoms with Gasteiger partial charge in [-0.25, -0.2) is 0 Å². The maximum atomic E-state index is 10.0. The molecule has 0 atom stereocenters. The molecule has 0 aliphatic rings. The van der Waals surface area contributed by atoms with E-state index >= 15 is 0 Å². The number of hydrogen-bond acceptors (Lipinski definition) is 4. The van der Waals surface area contributed by atoms with Gasteiger partial charge in [-0.15, -0.1) is 34.6 Å². The minimum absolute atomic E-state index is 0. The number of aliphatic hydroxyl groups excluding tert-OH is 1. The number of para-hydroxylation sites is 1. The number of carbonyl (C=O) groups excluding carboxylic acids is 1. The van der Waals surface area contributed by atoms with Crippen molar-refractivity contribution in [2.45, 2.75) is 34.6 Å². The average molecular weight is 695 g/mol. The standard InChI is InChI=1S/C28H20NS.C5H8O2.Ir/c1-16-14-17(2)25-18(3)20(13-12-19(25)15-16)27-28-26(21-8-4-6-10-23(21)29-27)22-9-5-7-11-24(22)30-28;1-4(6)3-5(2)7;/h4-12,14-15H,1-3H3;3,6H,1-2H3;/q-1;;/b;4-3-;. The number of thiophene rings is 1. The second kappa shape index (κ2) is 11.2. The van der Waals surface area contributed by atoms with Crippen LogP contribution >= 0.6 is 11.3 Å². The molecule has 38 heavy (non-hydrogen) atoms. The van der Waals surface area contributed by atoms with E-state index in [0.717, 1.165) is 16.8 Å². The van der Waals surface area contributed by atoms with Gasteiger partial charge in [0.15, 0.2) is 5.78 Å². The van der Waals surface area contributed by atoms with Crippen molar-refractivity contribution in [3.8, 4) is 11.3 Å². The van der Waals surface area contributed by atoms with Gasteiger partial charge < -0.3 is 5.11 Å². The van der Waals surface area contributed by atoms with Gasteiger partial charge in [-0.3, -0.25) is 9.78 Å². The molecular formula is C33H28IrNO2S-. The molecule has 2 heterocycles. The molecule has 1 N–H and O–H groups in total. The van der Waals surface area contributed by atoms with Gasteiger partial charge in [-0.1, -0.05) is 77.4 Å². The summed E-state index contributed by atoms with van der Waals surface area (Å²) in [5, 5.41) is 14.8. The molecule has 1 radical (unpaired) electrons. The largest absolute Gasteiger partial charge is 0.512 e. The Bertz CT molecular complexity index is 1860. The minimum Gasteiger partial charge on any atom is -0.512 e. The van der Waals surface area contributed by atoms with Gasteiger partial charge in [-0.05, 0) is 39.8 Å². The van der Waals surface area contributed by atoms with Crippen molar-refractivity contribution in [1.82, 2.24) is 4.98 Å². The number of pyridine rings is 1. The van der Waals surface area contributed by atoms with Gasteiger partial charge in [-0.2, -0.15) is 0 Å². The molecule has 193 valence electrons. The molecule has 0 amide bonds. The normalized spacial score (nSPS) is 11.4. The monoisotopic (exact) mass is 695 g/mol. The Morgan fingerprint density at radius 3 is 2.32 bits per heavy atom. The Morgan fingerprint density at radius 2 is 1.63 bits per heavy atom. The third-order valence-corrected chi connectivity index (χ3v) is 7.68. The first kappa shape index (κ1) is 27.7. The van der Waals surface area contributed by atoms with Crippen LogP contribution in [0.25, 0.3) is 53.1 Å². The summed E-state index contributed by atoms with van der Waals surface area (Å²) in [6, 6.07) is 27.4. The molecule has 6 rings (SSSR count). The van der Waals surface area contributed by atoms with Gasteiger partial charge in [0, 0.05) is 57.4 Å². The Hall–Kier alpha value is -3.37. The summed E-state index contributed by atoms with van der Waals surface area (Å²) in [7, 11) is 0. The molecule has 0 saturated heterocycles. The number of rotatable bonds is 2. The van der Waals surface area contributed by atoms with Gasteiger partial charge in [0.25, 0.3) is 0 Å². The average Bonchev–Trinajstić information content (AvgIpc) is 3.23. The van der Waals surface area contributed by atoms with E-state index in [1.165, 1.54) is 72.9 Å². The summed E-state index contributed by atoms with van der Waals surface area (Å²) >= 11 is 1.84. The maximum Gasteiger partial charge on any atom is 0.155 e. The quantitative estimate of drug-likeness (QED) is 0.112. The minimum atomic E-state index is -0.125. The van der Waals surface area contributed by atoms with Crippen molar-refractivity contribution in [3.05, 3.63) is 101 Å². The molecule has 2 aromatic heterocycles. The van der Waals surface area contributed by atoms with E-state index in [4.69, 9.17) is 10.1 Å². The van der Waals surface area contributed by atoms with Gasteiger partial charge in [0.05, 0.1) is 11.3 Å². The van der Waals surface area contributed by atoms with E-state index in [9.17, 15) is 4.79 Å². The van der Waals surface area contributed by atoms with Crippen LogP contribution in [0.4, 0.5) is 0 Å². The molecule has 0 aliphatic carbocycles. The van der Waals surface area contributed by atoms with E-state index in [1.807, 2.05) is 11.3 Å². The molecule has 6 aromatic rings. The number of aryl methyl sites for hydroxylation is 3. The Morgan fingerprint density at radius 1 is 0.947 bits per heavy atom. The fourth-order valence-electron chi connectivity index (χ4n) is 5.15. The number of fused-ring (bicyclic) bond motifs is 6. The molecule has 4 aromatic carbocycles. The number of aliphatic hydroxyl groups is 1. The summed E-state index contributed by atoms with van der Waals surface area (Å²) in [6.07, 6.45) is 1.17. The van der Waals surface area contributed by atoms with E-state index in [-0.39, 0.29) is 31.6 Å². The van der Waals surface area contributed by atoms with Gasteiger partial charge in [0.2, 0.25) is 0 Å². The van der Waals surface area contributed by atoms with Crippen LogP contribution in [0.2, 0.25) is 0 Å². The first-order valence-electron chi connectivity index (χ1n) is 12.2. The smallest absolute Gasteiger partial charge is 0.155 e. The van der Waals surface area contributed by atoms with Crippen LogP contribution < -0.4 is 0 Å². The predicted octanol–water partition coefficient (Wildman–Crippen LogP) is 9.18. The zero-order valence-corrected chi connectivity index (χ0v) is 25.2. The number of nitrogens with zero attached hydrogens (tertiary/aromatic N) is 1. The van der Waals surface area contributed by atoms with Crippen LogP contribution in [0.1, 0.15) is 30.5 Å². The van der Waals surface area contributed by atoms with Crippen molar-refractivity contribution >= 4 is 59.0 Å². The summed E-state index contributed by atoms with van der Waals surface area (Å²) < 4.78 is 2.55. The van der Waals surface area contributed by atoms with Crippen LogP contribution in [-0.2, 0) is 24.9 Å².